The molecule has 1 aliphatic rings. The molecule has 0 spiro atoms. The van der Waals surface area contributed by atoms with E-state index in [0.29, 0.717) is 12.1 Å². The van der Waals surface area contributed by atoms with Gasteiger partial charge in [0.2, 0.25) is 0 Å². The number of aromatic nitrogens is 3. The highest BCUT2D eigenvalue weighted by atomic mass is 32.1. The van der Waals surface area contributed by atoms with Crippen LogP contribution in [0.2, 0.25) is 0 Å². The zero-order valence-corrected chi connectivity index (χ0v) is 14.5. The highest BCUT2D eigenvalue weighted by molar-refractivity contribution is 7.15. The Labute approximate surface area is 143 Å². The number of hydrogen-bond acceptors (Lipinski definition) is 5. The van der Waals surface area contributed by atoms with Crippen LogP contribution in [-0.2, 0) is 6.54 Å². The minimum atomic E-state index is 0.496. The van der Waals surface area contributed by atoms with Gasteiger partial charge < -0.3 is 0 Å². The number of fused-ring (bicyclic) bond motifs is 3. The number of nitrogens with zero attached hydrogens (tertiary/aromatic N) is 5. The molecule has 5 nitrogen and oxygen atoms in total. The van der Waals surface area contributed by atoms with Crippen LogP contribution in [0.3, 0.4) is 0 Å². The summed E-state index contributed by atoms with van der Waals surface area (Å²) in [5.41, 5.74) is 5.01. The Morgan fingerprint density at radius 1 is 1.12 bits per heavy atom. The Morgan fingerprint density at radius 3 is 2.58 bits per heavy atom. The Hall–Kier alpha value is -2.78. The Morgan fingerprint density at radius 2 is 1.88 bits per heavy atom. The third-order valence-corrected chi connectivity index (χ3v) is 5.56. The lowest BCUT2D eigenvalue weighted by Crippen LogP contribution is -2.07. The maximum atomic E-state index is 9.01. The minimum absolute atomic E-state index is 0.496. The van der Waals surface area contributed by atoms with Crippen molar-refractivity contribution < 1.29 is 0 Å². The topological polar surface area (TPSA) is 66.9 Å². The first kappa shape index (κ1) is 14.8. The molecule has 0 N–H and O–H groups in total. The first-order valence-electron chi connectivity index (χ1n) is 7.66. The highest BCUT2D eigenvalue weighted by Crippen LogP contribution is 2.36. The van der Waals surface area contributed by atoms with E-state index in [9.17, 15) is 0 Å². The van der Waals surface area contributed by atoms with Gasteiger partial charge in [-0.3, -0.25) is 9.56 Å². The smallest absolute Gasteiger partial charge is 0.160 e. The SMILES string of the molecule is Cc1sc2c(c1C)C(c1ccc(C#N)cc1)=NCc1nnc(C)n1-2. The second-order valence-electron chi connectivity index (χ2n) is 5.82. The third kappa shape index (κ3) is 2.09. The Balaban J connectivity index is 1.97. The van der Waals surface area contributed by atoms with Crippen LogP contribution in [0.4, 0.5) is 0 Å². The largest absolute Gasteiger partial charge is 0.276 e. The standard InChI is InChI=1S/C18H15N5S/c1-10-11(2)24-18-16(10)17(14-6-4-13(8-19)5-7-14)20-9-15-22-21-12(3)23(15)18/h4-7H,9H2,1-3H3. The average Bonchev–Trinajstić information content (AvgIpc) is 3.03. The third-order valence-electron chi connectivity index (χ3n) is 4.36. The van der Waals surface area contributed by atoms with Crippen LogP contribution in [0, 0.1) is 32.1 Å². The molecule has 0 fully saturated rings. The van der Waals surface area contributed by atoms with E-state index in [0.717, 1.165) is 33.5 Å². The Bertz CT molecular complexity index is 1020. The molecule has 0 bridgehead atoms. The number of aliphatic imine (C=N–C) groups is 1. The molecule has 0 aliphatic carbocycles. The lowest BCUT2D eigenvalue weighted by molar-refractivity contribution is 0.869. The van der Waals surface area contributed by atoms with Gasteiger partial charge in [-0.15, -0.1) is 21.5 Å². The minimum Gasteiger partial charge on any atom is -0.276 e. The summed E-state index contributed by atoms with van der Waals surface area (Å²) in [5.74, 6) is 1.74. The molecular weight excluding hydrogens is 318 g/mol. The second kappa shape index (κ2) is 5.39. The van der Waals surface area contributed by atoms with Gasteiger partial charge in [-0.05, 0) is 38.5 Å². The van der Waals surface area contributed by atoms with E-state index >= 15 is 0 Å². The number of hydrogen-bond donors (Lipinski definition) is 0. The molecule has 118 valence electrons. The van der Waals surface area contributed by atoms with Crippen LogP contribution in [0.5, 0.6) is 0 Å². The van der Waals surface area contributed by atoms with Gasteiger partial charge >= 0.3 is 0 Å². The van der Waals surface area contributed by atoms with Gasteiger partial charge in [-0.1, -0.05) is 12.1 Å². The molecule has 4 rings (SSSR count). The molecule has 1 aliphatic heterocycles. The normalized spacial score (nSPS) is 12.8. The van der Waals surface area contributed by atoms with Gasteiger partial charge in [0.25, 0.3) is 0 Å². The van der Waals surface area contributed by atoms with E-state index in [1.54, 1.807) is 11.3 Å². The van der Waals surface area contributed by atoms with E-state index < -0.39 is 0 Å². The summed E-state index contributed by atoms with van der Waals surface area (Å²) in [6.07, 6.45) is 0. The number of aryl methyl sites for hydroxylation is 2. The monoisotopic (exact) mass is 333 g/mol. The van der Waals surface area contributed by atoms with Crippen molar-refractivity contribution in [2.24, 2.45) is 4.99 Å². The summed E-state index contributed by atoms with van der Waals surface area (Å²) >= 11 is 1.75. The zero-order valence-electron chi connectivity index (χ0n) is 13.7. The average molecular weight is 333 g/mol. The number of nitriles is 1. The fraction of sp³-hybridized carbons (Fsp3) is 0.222. The van der Waals surface area contributed by atoms with Crippen LogP contribution in [0.25, 0.3) is 5.00 Å². The summed E-state index contributed by atoms with van der Waals surface area (Å²) in [5, 5.41) is 18.6. The van der Waals surface area contributed by atoms with E-state index in [2.05, 4.69) is 34.7 Å². The van der Waals surface area contributed by atoms with Crippen LogP contribution in [0.1, 0.15) is 38.8 Å². The summed E-state index contributed by atoms with van der Waals surface area (Å²) in [7, 11) is 0. The number of rotatable bonds is 1. The van der Waals surface area contributed by atoms with Crippen LogP contribution in [0.15, 0.2) is 29.3 Å². The first-order chi connectivity index (χ1) is 11.6. The maximum absolute atomic E-state index is 9.01. The predicted molar refractivity (Wildman–Crippen MR) is 93.9 cm³/mol. The number of thiophene rings is 1. The summed E-state index contributed by atoms with van der Waals surface area (Å²) in [4.78, 5) is 6.10. The quantitative estimate of drug-likeness (QED) is 0.685. The maximum Gasteiger partial charge on any atom is 0.160 e. The molecule has 3 heterocycles. The fourth-order valence-electron chi connectivity index (χ4n) is 2.99. The van der Waals surface area contributed by atoms with Crippen molar-refractivity contribution in [3.8, 4) is 11.1 Å². The lowest BCUT2D eigenvalue weighted by Gasteiger charge is -2.09. The zero-order chi connectivity index (χ0) is 16.8. The van der Waals surface area contributed by atoms with Gasteiger partial charge in [-0.25, -0.2) is 0 Å². The van der Waals surface area contributed by atoms with Crippen molar-refractivity contribution in [3.05, 3.63) is 63.0 Å². The van der Waals surface area contributed by atoms with Crippen molar-refractivity contribution in [3.63, 3.8) is 0 Å². The van der Waals surface area contributed by atoms with Crippen molar-refractivity contribution in [1.82, 2.24) is 14.8 Å². The molecule has 0 atom stereocenters. The van der Waals surface area contributed by atoms with Gasteiger partial charge in [-0.2, -0.15) is 5.26 Å². The van der Waals surface area contributed by atoms with Gasteiger partial charge in [0.15, 0.2) is 5.82 Å². The van der Waals surface area contributed by atoms with Gasteiger partial charge in [0.05, 0.1) is 17.3 Å². The molecule has 0 amide bonds. The number of benzene rings is 1. The van der Waals surface area contributed by atoms with Gasteiger partial charge in [0.1, 0.15) is 17.4 Å². The molecule has 6 heteroatoms. The first-order valence-corrected chi connectivity index (χ1v) is 8.48. The molecule has 0 saturated heterocycles. The molecule has 0 unspecified atom stereocenters. The van der Waals surface area contributed by atoms with Crippen molar-refractivity contribution in [1.29, 1.82) is 5.26 Å². The van der Waals surface area contributed by atoms with Crippen molar-refractivity contribution >= 4 is 17.0 Å². The molecule has 0 radical (unpaired) electrons. The summed E-state index contributed by atoms with van der Waals surface area (Å²) < 4.78 is 2.11. The van der Waals surface area contributed by atoms with Crippen LogP contribution >= 0.6 is 11.3 Å². The van der Waals surface area contributed by atoms with Gasteiger partial charge in [0, 0.05) is 16.0 Å². The van der Waals surface area contributed by atoms with E-state index in [1.807, 2.05) is 31.2 Å². The van der Waals surface area contributed by atoms with Crippen molar-refractivity contribution in [2.75, 3.05) is 0 Å². The van der Waals surface area contributed by atoms with Crippen LogP contribution in [-0.4, -0.2) is 20.5 Å². The molecule has 1 aromatic carbocycles. The van der Waals surface area contributed by atoms with Crippen LogP contribution < -0.4 is 0 Å². The van der Waals surface area contributed by atoms with E-state index in [1.165, 1.54) is 10.4 Å². The fourth-order valence-corrected chi connectivity index (χ4v) is 4.21. The predicted octanol–water partition coefficient (Wildman–Crippen LogP) is 3.48. The van der Waals surface area contributed by atoms with E-state index in [4.69, 9.17) is 10.3 Å². The molecule has 24 heavy (non-hydrogen) atoms. The molecule has 2 aromatic heterocycles. The Kier molecular flexibility index (Phi) is 3.32. The molecule has 3 aromatic rings. The lowest BCUT2D eigenvalue weighted by atomic mass is 9.99. The summed E-state index contributed by atoms with van der Waals surface area (Å²) in [6.45, 7) is 6.73. The highest BCUT2D eigenvalue weighted by Gasteiger charge is 2.26. The summed E-state index contributed by atoms with van der Waals surface area (Å²) in [6, 6.07) is 9.76. The molecule has 0 saturated carbocycles. The van der Waals surface area contributed by atoms with E-state index in [-0.39, 0.29) is 0 Å². The second-order valence-corrected chi connectivity index (χ2v) is 7.02. The van der Waals surface area contributed by atoms with Crippen molar-refractivity contribution in [2.45, 2.75) is 27.3 Å². The molecular formula is C18H15N5S.